The lowest BCUT2D eigenvalue weighted by atomic mass is 9.77. The van der Waals surface area contributed by atoms with Gasteiger partial charge in [0.1, 0.15) is 0 Å². The van der Waals surface area contributed by atoms with Gasteiger partial charge in [-0.15, -0.1) is 0 Å². The first kappa shape index (κ1) is 22.6. The van der Waals surface area contributed by atoms with Gasteiger partial charge in [-0.3, -0.25) is 0 Å². The van der Waals surface area contributed by atoms with Crippen LogP contribution in [0.25, 0.3) is 0 Å². The Labute approximate surface area is 164 Å². The molecule has 1 fully saturated rings. The first-order valence-electron chi connectivity index (χ1n) is 9.33. The maximum absolute atomic E-state index is 13.6. The van der Waals surface area contributed by atoms with Crippen molar-refractivity contribution in [1.29, 1.82) is 0 Å². The van der Waals surface area contributed by atoms with Gasteiger partial charge in [0.25, 0.3) is 0 Å². The molecule has 0 aromatic heterocycles. The van der Waals surface area contributed by atoms with Gasteiger partial charge < -0.3 is 19.4 Å². The third kappa shape index (κ3) is 5.20. The molecule has 1 aromatic carbocycles. The minimum Gasteiger partial charge on any atom is -0.450 e. The predicted molar refractivity (Wildman–Crippen MR) is 100 cm³/mol. The standard InChI is InChI=1S/C19H27BF3NO4/c1-6-7-10-26-16(25)24-12-13-8-9-14(11-15(13)19(21,22)23)20-27-17(2,3)18(4,5)28-20/h8-9,11H,6-7,10,12H2,1-5H3,(H,24,25). The van der Waals surface area contributed by atoms with Gasteiger partial charge in [0, 0.05) is 6.54 Å². The normalized spacial score (nSPS) is 18.2. The number of nitrogens with one attached hydrogen (secondary N) is 1. The van der Waals surface area contributed by atoms with Gasteiger partial charge in [-0.1, -0.05) is 25.5 Å². The molecule has 1 aliphatic heterocycles. The van der Waals surface area contributed by atoms with Crippen LogP contribution in [0.4, 0.5) is 18.0 Å². The molecule has 0 radical (unpaired) electrons. The van der Waals surface area contributed by atoms with Crippen molar-refractivity contribution in [2.24, 2.45) is 0 Å². The molecule has 28 heavy (non-hydrogen) atoms. The quantitative estimate of drug-likeness (QED) is 0.578. The number of rotatable bonds is 6. The molecule has 0 saturated carbocycles. The summed E-state index contributed by atoms with van der Waals surface area (Å²) in [5.74, 6) is 0. The molecule has 0 aliphatic carbocycles. The van der Waals surface area contributed by atoms with Crippen LogP contribution in [-0.2, 0) is 26.8 Å². The molecule has 0 bridgehead atoms. The third-order valence-corrected chi connectivity index (χ3v) is 5.12. The van der Waals surface area contributed by atoms with Gasteiger partial charge in [0.15, 0.2) is 0 Å². The summed E-state index contributed by atoms with van der Waals surface area (Å²) >= 11 is 0. The molecule has 1 aliphatic rings. The van der Waals surface area contributed by atoms with E-state index in [0.29, 0.717) is 6.42 Å². The van der Waals surface area contributed by atoms with E-state index in [4.69, 9.17) is 14.0 Å². The van der Waals surface area contributed by atoms with Crippen LogP contribution < -0.4 is 10.8 Å². The van der Waals surface area contributed by atoms with E-state index in [1.54, 1.807) is 0 Å². The smallest absolute Gasteiger partial charge is 0.450 e. The lowest BCUT2D eigenvalue weighted by molar-refractivity contribution is -0.138. The second-order valence-corrected chi connectivity index (χ2v) is 7.85. The minimum absolute atomic E-state index is 0.0554. The Morgan fingerprint density at radius 2 is 1.79 bits per heavy atom. The molecule has 5 nitrogen and oxygen atoms in total. The highest BCUT2D eigenvalue weighted by Crippen LogP contribution is 2.37. The van der Waals surface area contributed by atoms with Crippen LogP contribution in [0.3, 0.4) is 0 Å². The summed E-state index contributed by atoms with van der Waals surface area (Å²) in [7, 11) is -0.896. The molecule has 156 valence electrons. The van der Waals surface area contributed by atoms with Crippen molar-refractivity contribution in [1.82, 2.24) is 5.32 Å². The van der Waals surface area contributed by atoms with Crippen LogP contribution in [-0.4, -0.2) is 31.0 Å². The van der Waals surface area contributed by atoms with Gasteiger partial charge in [0.05, 0.1) is 23.4 Å². The van der Waals surface area contributed by atoms with E-state index in [9.17, 15) is 18.0 Å². The fourth-order valence-electron chi connectivity index (χ4n) is 2.67. The number of carbonyl (C=O) groups excluding carboxylic acids is 1. The maximum Gasteiger partial charge on any atom is 0.494 e. The number of unbranched alkanes of at least 4 members (excludes halogenated alkanes) is 1. The Balaban J connectivity index is 2.17. The van der Waals surface area contributed by atoms with Crippen molar-refractivity contribution in [2.75, 3.05) is 6.61 Å². The van der Waals surface area contributed by atoms with E-state index in [0.717, 1.165) is 12.5 Å². The van der Waals surface area contributed by atoms with Gasteiger partial charge in [-0.2, -0.15) is 13.2 Å². The fourth-order valence-corrected chi connectivity index (χ4v) is 2.67. The summed E-state index contributed by atoms with van der Waals surface area (Å²) in [5, 5.41) is 2.36. The van der Waals surface area contributed by atoms with Crippen LogP contribution in [0.5, 0.6) is 0 Å². The number of carbonyl (C=O) groups is 1. The number of hydrogen-bond acceptors (Lipinski definition) is 4. The van der Waals surface area contributed by atoms with E-state index in [1.807, 2.05) is 34.6 Å². The molecular weight excluding hydrogens is 374 g/mol. The van der Waals surface area contributed by atoms with Crippen molar-refractivity contribution in [3.8, 4) is 0 Å². The van der Waals surface area contributed by atoms with Crippen molar-refractivity contribution in [2.45, 2.75) is 71.4 Å². The Morgan fingerprint density at radius 3 is 2.32 bits per heavy atom. The van der Waals surface area contributed by atoms with E-state index >= 15 is 0 Å². The number of alkyl carbamates (subject to hydrolysis) is 1. The van der Waals surface area contributed by atoms with Gasteiger partial charge >= 0.3 is 19.4 Å². The van der Waals surface area contributed by atoms with E-state index in [-0.39, 0.29) is 24.2 Å². The maximum atomic E-state index is 13.6. The SMILES string of the molecule is CCCCOC(=O)NCc1ccc(B2OC(C)(C)C(C)(C)O2)cc1C(F)(F)F. The predicted octanol–water partition coefficient (Wildman–Crippen LogP) is 4.03. The molecule has 0 unspecified atom stereocenters. The highest BCUT2D eigenvalue weighted by molar-refractivity contribution is 6.62. The van der Waals surface area contributed by atoms with Crippen LogP contribution in [0.2, 0.25) is 0 Å². The van der Waals surface area contributed by atoms with Crippen molar-refractivity contribution < 1.29 is 32.0 Å². The molecule has 1 aromatic rings. The lowest BCUT2D eigenvalue weighted by Gasteiger charge is -2.32. The zero-order valence-corrected chi connectivity index (χ0v) is 16.9. The van der Waals surface area contributed by atoms with Crippen LogP contribution >= 0.6 is 0 Å². The Kier molecular flexibility index (Phi) is 6.71. The summed E-state index contributed by atoms with van der Waals surface area (Å²) in [6.07, 6.45) is -3.77. The summed E-state index contributed by atoms with van der Waals surface area (Å²) in [4.78, 5) is 11.6. The molecule has 1 amide bonds. The van der Waals surface area contributed by atoms with Crippen LogP contribution in [0.1, 0.15) is 58.6 Å². The Bertz CT molecular complexity index is 691. The summed E-state index contributed by atoms with van der Waals surface area (Å²) in [6, 6.07) is 3.87. The fraction of sp³-hybridized carbons (Fsp3) is 0.632. The van der Waals surface area contributed by atoms with Gasteiger partial charge in [-0.25, -0.2) is 4.79 Å². The molecular formula is C19H27BF3NO4. The highest BCUT2D eigenvalue weighted by Gasteiger charge is 2.52. The number of amides is 1. The van der Waals surface area contributed by atoms with E-state index < -0.39 is 36.2 Å². The average molecular weight is 401 g/mol. The van der Waals surface area contributed by atoms with E-state index in [2.05, 4.69) is 5.32 Å². The van der Waals surface area contributed by atoms with Gasteiger partial charge in [0.2, 0.25) is 0 Å². The zero-order chi connectivity index (χ0) is 21.2. The molecule has 0 spiro atoms. The second-order valence-electron chi connectivity index (χ2n) is 7.85. The zero-order valence-electron chi connectivity index (χ0n) is 16.9. The largest absolute Gasteiger partial charge is 0.494 e. The number of benzene rings is 1. The number of hydrogen-bond donors (Lipinski definition) is 1. The molecule has 1 N–H and O–H groups in total. The third-order valence-electron chi connectivity index (χ3n) is 5.12. The molecule has 1 saturated heterocycles. The number of alkyl halides is 3. The Morgan fingerprint density at radius 1 is 1.18 bits per heavy atom. The van der Waals surface area contributed by atoms with E-state index in [1.165, 1.54) is 12.1 Å². The first-order valence-corrected chi connectivity index (χ1v) is 9.33. The summed E-state index contributed by atoms with van der Waals surface area (Å²) in [5.41, 5.74) is -1.93. The molecule has 0 atom stereocenters. The molecule has 2 rings (SSSR count). The van der Waals surface area contributed by atoms with Crippen molar-refractivity contribution in [3.05, 3.63) is 29.3 Å². The minimum atomic E-state index is -4.58. The topological polar surface area (TPSA) is 56.8 Å². The lowest BCUT2D eigenvalue weighted by Crippen LogP contribution is -2.41. The van der Waals surface area contributed by atoms with Gasteiger partial charge in [-0.05, 0) is 51.2 Å². The Hall–Kier alpha value is -1.74. The van der Waals surface area contributed by atoms with Crippen LogP contribution in [0, 0.1) is 0 Å². The monoisotopic (exact) mass is 401 g/mol. The molecule has 9 heteroatoms. The number of ether oxygens (including phenoxy) is 1. The number of halogens is 3. The first-order chi connectivity index (χ1) is 12.9. The highest BCUT2D eigenvalue weighted by atomic mass is 19.4. The van der Waals surface area contributed by atoms with Crippen molar-refractivity contribution >= 4 is 18.7 Å². The summed E-state index contributed by atoms with van der Waals surface area (Å²) in [6.45, 7) is 9.22. The summed E-state index contributed by atoms with van der Waals surface area (Å²) < 4.78 is 57.3. The molecule has 1 heterocycles. The van der Waals surface area contributed by atoms with Crippen LogP contribution in [0.15, 0.2) is 18.2 Å². The second kappa shape index (κ2) is 8.33. The average Bonchev–Trinajstić information content (AvgIpc) is 2.80. The van der Waals surface area contributed by atoms with Crippen molar-refractivity contribution in [3.63, 3.8) is 0 Å².